The summed E-state index contributed by atoms with van der Waals surface area (Å²) in [5.74, 6) is 1.58. The average molecular weight is 290 g/mol. The predicted octanol–water partition coefficient (Wildman–Crippen LogP) is 1.56. The number of benzene rings is 1. The van der Waals surface area contributed by atoms with E-state index < -0.39 is 0 Å². The molecule has 1 fully saturated rings. The van der Waals surface area contributed by atoms with E-state index in [9.17, 15) is 4.79 Å². The highest BCUT2D eigenvalue weighted by molar-refractivity contribution is 5.77. The molecule has 0 spiro atoms. The molecule has 0 aromatic heterocycles. The highest BCUT2D eigenvalue weighted by atomic mass is 16.6. The van der Waals surface area contributed by atoms with Crippen molar-refractivity contribution in [2.24, 2.45) is 5.73 Å². The first-order chi connectivity index (χ1) is 10.1. The second-order valence-corrected chi connectivity index (χ2v) is 6.16. The summed E-state index contributed by atoms with van der Waals surface area (Å²) in [6.45, 7) is 0.978. The minimum Gasteiger partial charge on any atom is -0.486 e. The number of nitrogens with zero attached hydrogens (tertiary/aromatic N) is 1. The van der Waals surface area contributed by atoms with Gasteiger partial charge in [-0.3, -0.25) is 4.79 Å². The Labute approximate surface area is 125 Å². The number of nitrogens with two attached hydrogens (primary N) is 1. The SMILES string of the molecule is CN(CC1COc2ccccc2O1)C(=O)CC1(N)CCC1. The van der Waals surface area contributed by atoms with Crippen molar-refractivity contribution in [3.63, 3.8) is 0 Å². The number of carbonyl (C=O) groups is 1. The fourth-order valence-corrected chi connectivity index (χ4v) is 2.80. The molecular weight excluding hydrogens is 268 g/mol. The molecule has 1 amide bonds. The monoisotopic (exact) mass is 290 g/mol. The lowest BCUT2D eigenvalue weighted by molar-refractivity contribution is -0.133. The molecule has 5 heteroatoms. The van der Waals surface area contributed by atoms with Crippen LogP contribution in [0.25, 0.3) is 0 Å². The van der Waals surface area contributed by atoms with Gasteiger partial charge in [0.2, 0.25) is 5.91 Å². The summed E-state index contributed by atoms with van der Waals surface area (Å²) in [5.41, 5.74) is 5.86. The van der Waals surface area contributed by atoms with Gasteiger partial charge in [0.25, 0.3) is 0 Å². The first-order valence-electron chi connectivity index (χ1n) is 7.47. The highest BCUT2D eigenvalue weighted by Gasteiger charge is 2.36. The van der Waals surface area contributed by atoms with Gasteiger partial charge in [-0.25, -0.2) is 0 Å². The molecule has 0 bridgehead atoms. The van der Waals surface area contributed by atoms with Crippen LogP contribution in [-0.4, -0.2) is 42.6 Å². The summed E-state index contributed by atoms with van der Waals surface area (Å²) < 4.78 is 11.5. The molecule has 0 radical (unpaired) electrons. The largest absolute Gasteiger partial charge is 0.486 e. The third-order valence-electron chi connectivity index (χ3n) is 4.32. The molecule has 114 valence electrons. The smallest absolute Gasteiger partial charge is 0.224 e. The zero-order valence-corrected chi connectivity index (χ0v) is 12.4. The molecule has 21 heavy (non-hydrogen) atoms. The van der Waals surface area contributed by atoms with Crippen LogP contribution >= 0.6 is 0 Å². The van der Waals surface area contributed by atoms with E-state index in [2.05, 4.69) is 0 Å². The summed E-state index contributed by atoms with van der Waals surface area (Å²) in [5, 5.41) is 0. The van der Waals surface area contributed by atoms with Gasteiger partial charge >= 0.3 is 0 Å². The van der Waals surface area contributed by atoms with Gasteiger partial charge < -0.3 is 20.1 Å². The zero-order valence-electron chi connectivity index (χ0n) is 12.4. The van der Waals surface area contributed by atoms with E-state index in [-0.39, 0.29) is 17.6 Å². The minimum atomic E-state index is -0.276. The van der Waals surface area contributed by atoms with Crippen LogP contribution in [0, 0.1) is 0 Å². The quantitative estimate of drug-likeness (QED) is 0.914. The molecule has 5 nitrogen and oxygen atoms in total. The molecule has 1 saturated carbocycles. The number of hydrogen-bond donors (Lipinski definition) is 1. The zero-order chi connectivity index (χ0) is 14.9. The van der Waals surface area contributed by atoms with Crippen molar-refractivity contribution in [2.75, 3.05) is 20.2 Å². The van der Waals surface area contributed by atoms with Crippen molar-refractivity contribution in [2.45, 2.75) is 37.3 Å². The normalized spacial score (nSPS) is 22.3. The maximum atomic E-state index is 12.2. The molecule has 3 rings (SSSR count). The molecule has 1 aliphatic carbocycles. The standard InChI is InChI=1S/C16H22N2O3/c1-18(15(19)9-16(17)7-4-8-16)10-12-11-20-13-5-2-3-6-14(13)21-12/h2-3,5-6,12H,4,7-11,17H2,1H3. The lowest BCUT2D eigenvalue weighted by atomic mass is 9.75. The third kappa shape index (κ3) is 3.13. The van der Waals surface area contributed by atoms with Crippen molar-refractivity contribution in [3.8, 4) is 11.5 Å². The molecule has 1 heterocycles. The van der Waals surface area contributed by atoms with E-state index >= 15 is 0 Å². The van der Waals surface area contributed by atoms with Gasteiger partial charge in [0, 0.05) is 19.0 Å². The van der Waals surface area contributed by atoms with Gasteiger partial charge in [0.05, 0.1) is 6.54 Å². The van der Waals surface area contributed by atoms with Crippen molar-refractivity contribution < 1.29 is 14.3 Å². The Hall–Kier alpha value is -1.75. The highest BCUT2D eigenvalue weighted by Crippen LogP contribution is 2.33. The molecule has 1 aromatic rings. The van der Waals surface area contributed by atoms with Gasteiger partial charge in [-0.2, -0.15) is 0 Å². The molecule has 0 saturated heterocycles. The van der Waals surface area contributed by atoms with Crippen LogP contribution in [0.2, 0.25) is 0 Å². The Morgan fingerprint density at radius 3 is 2.76 bits per heavy atom. The summed E-state index contributed by atoms with van der Waals surface area (Å²) in [7, 11) is 1.80. The maximum absolute atomic E-state index is 12.2. The van der Waals surface area contributed by atoms with E-state index in [1.807, 2.05) is 24.3 Å². The van der Waals surface area contributed by atoms with Crippen molar-refractivity contribution in [3.05, 3.63) is 24.3 Å². The Bertz CT molecular complexity index is 528. The minimum absolute atomic E-state index is 0.0830. The fourth-order valence-electron chi connectivity index (χ4n) is 2.80. The van der Waals surface area contributed by atoms with Gasteiger partial charge in [-0.15, -0.1) is 0 Å². The lowest BCUT2D eigenvalue weighted by Crippen LogP contribution is -2.51. The summed E-state index contributed by atoms with van der Waals surface area (Å²) >= 11 is 0. The number of rotatable bonds is 4. The number of hydrogen-bond acceptors (Lipinski definition) is 4. The summed E-state index contributed by atoms with van der Waals surface area (Å²) in [6, 6.07) is 7.59. The fraction of sp³-hybridized carbons (Fsp3) is 0.562. The van der Waals surface area contributed by atoms with Gasteiger partial charge in [0.1, 0.15) is 6.61 Å². The number of likely N-dealkylation sites (N-methyl/N-ethyl adjacent to an activating group) is 1. The van der Waals surface area contributed by atoms with Crippen molar-refractivity contribution >= 4 is 5.91 Å². The van der Waals surface area contributed by atoms with Crippen molar-refractivity contribution in [1.82, 2.24) is 4.90 Å². The Morgan fingerprint density at radius 1 is 1.38 bits per heavy atom. The second kappa shape index (κ2) is 5.56. The van der Waals surface area contributed by atoms with E-state index in [4.69, 9.17) is 15.2 Å². The van der Waals surface area contributed by atoms with Crippen LogP contribution in [0.15, 0.2) is 24.3 Å². The summed E-state index contributed by atoms with van der Waals surface area (Å²) in [4.78, 5) is 13.9. The molecule has 1 unspecified atom stereocenters. The van der Waals surface area contributed by atoms with Crippen LogP contribution < -0.4 is 15.2 Å². The maximum Gasteiger partial charge on any atom is 0.224 e. The van der Waals surface area contributed by atoms with Crippen molar-refractivity contribution in [1.29, 1.82) is 0 Å². The number of amides is 1. The third-order valence-corrected chi connectivity index (χ3v) is 4.32. The molecule has 2 N–H and O–H groups in total. The average Bonchev–Trinajstić information content (AvgIpc) is 2.45. The van der Waals surface area contributed by atoms with E-state index in [1.54, 1.807) is 11.9 Å². The van der Waals surface area contributed by atoms with E-state index in [0.717, 1.165) is 30.8 Å². The lowest BCUT2D eigenvalue weighted by Gasteiger charge is -2.39. The Kier molecular flexibility index (Phi) is 3.76. The van der Waals surface area contributed by atoms with Crippen LogP contribution in [0.5, 0.6) is 11.5 Å². The number of fused-ring (bicyclic) bond motifs is 1. The van der Waals surface area contributed by atoms with Crippen LogP contribution in [-0.2, 0) is 4.79 Å². The second-order valence-electron chi connectivity index (χ2n) is 6.16. The number of para-hydroxylation sites is 2. The number of ether oxygens (including phenoxy) is 2. The summed E-state index contributed by atoms with van der Waals surface area (Å²) in [6.07, 6.45) is 3.31. The predicted molar refractivity (Wildman–Crippen MR) is 79.4 cm³/mol. The van der Waals surface area contributed by atoms with Crippen LogP contribution in [0.1, 0.15) is 25.7 Å². The van der Waals surface area contributed by atoms with Crippen LogP contribution in [0.4, 0.5) is 0 Å². The topological polar surface area (TPSA) is 64.8 Å². The van der Waals surface area contributed by atoms with Gasteiger partial charge in [-0.1, -0.05) is 12.1 Å². The first kappa shape index (κ1) is 14.2. The molecule has 1 atom stereocenters. The first-order valence-corrected chi connectivity index (χ1v) is 7.47. The van der Waals surface area contributed by atoms with E-state index in [0.29, 0.717) is 19.6 Å². The molecular formula is C16H22N2O3. The van der Waals surface area contributed by atoms with Crippen LogP contribution in [0.3, 0.4) is 0 Å². The molecule has 2 aliphatic rings. The van der Waals surface area contributed by atoms with Gasteiger partial charge in [0.15, 0.2) is 17.6 Å². The van der Waals surface area contributed by atoms with E-state index in [1.165, 1.54) is 0 Å². The Morgan fingerprint density at radius 2 is 2.10 bits per heavy atom. The molecule has 1 aromatic carbocycles. The number of carbonyl (C=O) groups excluding carboxylic acids is 1. The molecule has 1 aliphatic heterocycles. The van der Waals surface area contributed by atoms with Gasteiger partial charge in [-0.05, 0) is 31.4 Å². The Balaban J connectivity index is 1.53.